The second-order valence-corrected chi connectivity index (χ2v) is 10.9. The lowest BCUT2D eigenvalue weighted by atomic mass is 9.88. The molecule has 3 aliphatic rings. The second-order valence-electron chi connectivity index (χ2n) is 10.9. The summed E-state index contributed by atoms with van der Waals surface area (Å²) in [4.78, 5) is 21.8. The molecule has 3 fully saturated rings. The Balaban J connectivity index is 1.32. The number of benzene rings is 1. The summed E-state index contributed by atoms with van der Waals surface area (Å²) >= 11 is 0. The van der Waals surface area contributed by atoms with Gasteiger partial charge in [-0.25, -0.2) is 4.98 Å². The lowest BCUT2D eigenvalue weighted by molar-refractivity contribution is 0.0996. The maximum Gasteiger partial charge on any atom is 0.269 e. The molecule has 1 amide bonds. The van der Waals surface area contributed by atoms with E-state index in [1.54, 1.807) is 6.20 Å². The quantitative estimate of drug-likeness (QED) is 0.527. The molecule has 2 aromatic rings. The molecule has 7 nitrogen and oxygen atoms in total. The first-order valence-electron chi connectivity index (χ1n) is 14.0. The number of nitrogens with one attached hydrogen (secondary N) is 1. The standard InChI is InChI=1S/C29H42N6O/c1-2-25-26(35-15-5-6-22(30)19-35)18-32-28(29(31)36)27(25)33-23-11-9-20(10-12-23)21-13-16-34(17-14-21)24-7-3-4-8-24/h9-12,18,21-22,24,33H,2-8,13-17,19,30H2,1H3,(H2,31,36). The number of carbonyl (C=O) groups is 1. The third-order valence-electron chi connectivity index (χ3n) is 8.57. The molecule has 1 aliphatic carbocycles. The molecule has 1 unspecified atom stereocenters. The van der Waals surface area contributed by atoms with Crippen molar-refractivity contribution in [3.05, 3.63) is 47.3 Å². The van der Waals surface area contributed by atoms with Crippen LogP contribution in [0.1, 0.15) is 85.8 Å². The average Bonchev–Trinajstić information content (AvgIpc) is 3.44. The van der Waals surface area contributed by atoms with Gasteiger partial charge in [-0.15, -0.1) is 0 Å². The van der Waals surface area contributed by atoms with Gasteiger partial charge in [0.1, 0.15) is 0 Å². The number of amides is 1. The molecular formula is C29H42N6O. The zero-order chi connectivity index (χ0) is 25.1. The number of piperidine rings is 2. The fraction of sp³-hybridized carbons (Fsp3) is 0.586. The van der Waals surface area contributed by atoms with Crippen LogP contribution < -0.4 is 21.7 Å². The molecule has 0 spiro atoms. The number of rotatable bonds is 7. The third kappa shape index (κ3) is 5.37. The van der Waals surface area contributed by atoms with Crippen molar-refractivity contribution in [3.63, 3.8) is 0 Å². The fourth-order valence-corrected chi connectivity index (χ4v) is 6.57. The summed E-state index contributed by atoms with van der Waals surface area (Å²) < 4.78 is 0. The van der Waals surface area contributed by atoms with Crippen LogP contribution in [0.15, 0.2) is 30.5 Å². The largest absolute Gasteiger partial charge is 0.368 e. The Labute approximate surface area is 215 Å². The minimum atomic E-state index is -0.514. The van der Waals surface area contributed by atoms with Crippen molar-refractivity contribution in [2.24, 2.45) is 11.5 Å². The van der Waals surface area contributed by atoms with Crippen molar-refractivity contribution in [2.75, 3.05) is 36.4 Å². The van der Waals surface area contributed by atoms with E-state index in [1.807, 2.05) is 0 Å². The van der Waals surface area contributed by atoms with Gasteiger partial charge in [0, 0.05) is 36.4 Å². The molecule has 0 bridgehead atoms. The van der Waals surface area contributed by atoms with Crippen LogP contribution >= 0.6 is 0 Å². The summed E-state index contributed by atoms with van der Waals surface area (Å²) in [6.07, 6.45) is 12.7. The van der Waals surface area contributed by atoms with Crippen LogP contribution in [0, 0.1) is 0 Å². The van der Waals surface area contributed by atoms with Crippen molar-refractivity contribution < 1.29 is 4.79 Å². The second kappa shape index (κ2) is 11.2. The molecule has 1 atom stereocenters. The Morgan fingerprint density at radius 3 is 2.39 bits per heavy atom. The molecule has 1 saturated carbocycles. The van der Waals surface area contributed by atoms with Gasteiger partial charge in [0.05, 0.1) is 17.6 Å². The van der Waals surface area contributed by atoms with E-state index in [9.17, 15) is 4.79 Å². The van der Waals surface area contributed by atoms with Crippen LogP contribution in [0.5, 0.6) is 0 Å². The number of primary amides is 1. The first kappa shape index (κ1) is 25.0. The van der Waals surface area contributed by atoms with E-state index in [-0.39, 0.29) is 6.04 Å². The zero-order valence-electron chi connectivity index (χ0n) is 21.7. The number of anilines is 3. The molecule has 2 saturated heterocycles. The van der Waals surface area contributed by atoms with Crippen molar-refractivity contribution >= 4 is 23.0 Å². The summed E-state index contributed by atoms with van der Waals surface area (Å²) in [5, 5.41) is 3.51. The topological polar surface area (TPSA) is 101 Å². The molecule has 36 heavy (non-hydrogen) atoms. The van der Waals surface area contributed by atoms with Crippen LogP contribution in [0.25, 0.3) is 0 Å². The SMILES string of the molecule is CCc1c(N2CCCC(N)C2)cnc(C(N)=O)c1Nc1ccc(C2CCN(C3CCCC3)CC2)cc1. The van der Waals surface area contributed by atoms with Crippen LogP contribution in [0.2, 0.25) is 0 Å². The van der Waals surface area contributed by atoms with Crippen LogP contribution in [-0.4, -0.2) is 54.1 Å². The van der Waals surface area contributed by atoms with Crippen molar-refractivity contribution in [1.82, 2.24) is 9.88 Å². The van der Waals surface area contributed by atoms with Gasteiger partial charge < -0.3 is 26.6 Å². The van der Waals surface area contributed by atoms with Crippen molar-refractivity contribution in [2.45, 2.75) is 82.7 Å². The highest BCUT2D eigenvalue weighted by atomic mass is 16.1. The van der Waals surface area contributed by atoms with Gasteiger partial charge in [0.15, 0.2) is 5.69 Å². The maximum atomic E-state index is 12.3. The van der Waals surface area contributed by atoms with Crippen LogP contribution in [0.3, 0.4) is 0 Å². The Kier molecular flexibility index (Phi) is 7.77. The molecule has 2 aliphatic heterocycles. The number of nitrogens with zero attached hydrogens (tertiary/aromatic N) is 3. The van der Waals surface area contributed by atoms with Gasteiger partial charge in [0.25, 0.3) is 5.91 Å². The molecular weight excluding hydrogens is 448 g/mol. The van der Waals surface area contributed by atoms with E-state index >= 15 is 0 Å². The normalized spacial score (nSPS) is 22.2. The minimum Gasteiger partial charge on any atom is -0.368 e. The van der Waals surface area contributed by atoms with E-state index in [1.165, 1.54) is 57.2 Å². The molecule has 5 rings (SSSR count). The van der Waals surface area contributed by atoms with E-state index < -0.39 is 5.91 Å². The minimum absolute atomic E-state index is 0.160. The lowest BCUT2D eigenvalue weighted by Crippen LogP contribution is -2.43. The number of likely N-dealkylation sites (tertiary alicyclic amines) is 1. The van der Waals surface area contributed by atoms with Crippen molar-refractivity contribution in [1.29, 1.82) is 0 Å². The summed E-state index contributed by atoms with van der Waals surface area (Å²) in [7, 11) is 0. The Morgan fingerprint density at radius 2 is 1.75 bits per heavy atom. The molecule has 7 heteroatoms. The third-order valence-corrected chi connectivity index (χ3v) is 8.57. The number of aromatic nitrogens is 1. The Morgan fingerprint density at radius 1 is 1.03 bits per heavy atom. The van der Waals surface area contributed by atoms with Crippen LogP contribution in [0.4, 0.5) is 17.1 Å². The summed E-state index contributed by atoms with van der Waals surface area (Å²) in [6.45, 7) is 6.30. The molecule has 0 radical (unpaired) electrons. The molecule has 3 heterocycles. The van der Waals surface area contributed by atoms with Crippen LogP contribution in [-0.2, 0) is 6.42 Å². The zero-order valence-corrected chi connectivity index (χ0v) is 21.7. The lowest BCUT2D eigenvalue weighted by Gasteiger charge is -2.36. The van der Waals surface area contributed by atoms with Gasteiger partial charge in [0.2, 0.25) is 0 Å². The smallest absolute Gasteiger partial charge is 0.269 e. The number of nitrogens with two attached hydrogens (primary N) is 2. The van der Waals surface area contributed by atoms with E-state index in [4.69, 9.17) is 11.5 Å². The average molecular weight is 491 g/mol. The Bertz CT molecular complexity index is 1040. The maximum absolute atomic E-state index is 12.3. The first-order chi connectivity index (χ1) is 17.5. The predicted molar refractivity (Wildman–Crippen MR) is 147 cm³/mol. The molecule has 1 aromatic carbocycles. The van der Waals surface area contributed by atoms with E-state index in [2.05, 4.69) is 51.3 Å². The van der Waals surface area contributed by atoms with Gasteiger partial charge in [-0.1, -0.05) is 31.9 Å². The molecule has 1 aromatic heterocycles. The van der Waals surface area contributed by atoms with Gasteiger partial charge >= 0.3 is 0 Å². The number of pyridine rings is 1. The summed E-state index contributed by atoms with van der Waals surface area (Å²) in [5.74, 6) is 0.108. The van der Waals surface area contributed by atoms with Gasteiger partial charge in [-0.3, -0.25) is 4.79 Å². The van der Waals surface area contributed by atoms with Gasteiger partial charge in [-0.2, -0.15) is 0 Å². The summed E-state index contributed by atoms with van der Waals surface area (Å²) in [6, 6.07) is 9.74. The number of hydrogen-bond acceptors (Lipinski definition) is 6. The van der Waals surface area contributed by atoms with Gasteiger partial charge in [-0.05, 0) is 81.6 Å². The number of carbonyl (C=O) groups excluding carboxylic acids is 1. The summed E-state index contributed by atoms with van der Waals surface area (Å²) in [5.41, 5.74) is 17.5. The molecule has 194 valence electrons. The van der Waals surface area contributed by atoms with Crippen molar-refractivity contribution in [3.8, 4) is 0 Å². The van der Waals surface area contributed by atoms with E-state index in [0.717, 1.165) is 61.0 Å². The Hall–Kier alpha value is -2.64. The highest BCUT2D eigenvalue weighted by Gasteiger charge is 2.28. The first-order valence-corrected chi connectivity index (χ1v) is 14.0. The monoisotopic (exact) mass is 490 g/mol. The molecule has 5 N–H and O–H groups in total. The number of hydrogen-bond donors (Lipinski definition) is 3. The highest BCUT2D eigenvalue weighted by Crippen LogP contribution is 2.36. The predicted octanol–water partition coefficient (Wildman–Crippen LogP) is 4.54. The fourth-order valence-electron chi connectivity index (χ4n) is 6.57. The highest BCUT2D eigenvalue weighted by molar-refractivity contribution is 5.99. The van der Waals surface area contributed by atoms with E-state index in [0.29, 0.717) is 11.6 Å².